The fourth-order valence-electron chi connectivity index (χ4n) is 7.24. The Bertz CT molecular complexity index is 968. The minimum Gasteiger partial charge on any atom is -0.490 e. The lowest BCUT2D eigenvalue weighted by Gasteiger charge is -2.53. The third kappa shape index (κ3) is 3.37. The molecule has 4 aliphatic rings. The van der Waals surface area contributed by atoms with Crippen LogP contribution in [0.4, 0.5) is 0 Å². The van der Waals surface area contributed by atoms with Gasteiger partial charge in [-0.3, -0.25) is 14.4 Å². The third-order valence-corrected chi connectivity index (χ3v) is 9.55. The average molecular weight is 477 g/mol. The smallest absolute Gasteiger partial charge is 0.183 e. The lowest BCUT2D eigenvalue weighted by Crippen LogP contribution is -2.62. The first kappa shape index (κ1) is 25.5. The van der Waals surface area contributed by atoms with E-state index in [2.05, 4.69) is 0 Å². The first-order valence-electron chi connectivity index (χ1n) is 12.6. The van der Waals surface area contributed by atoms with E-state index in [1.165, 1.54) is 0 Å². The molecular formula is C27H40O7. The molecule has 2 saturated carbocycles. The zero-order valence-corrected chi connectivity index (χ0v) is 21.5. The molecule has 3 fully saturated rings. The van der Waals surface area contributed by atoms with E-state index in [4.69, 9.17) is 4.74 Å². The molecule has 1 spiro atoms. The van der Waals surface area contributed by atoms with Crippen molar-refractivity contribution in [3.05, 3.63) is 11.3 Å². The molecule has 3 aliphatic carbocycles. The third-order valence-electron chi connectivity index (χ3n) is 9.55. The van der Waals surface area contributed by atoms with Crippen molar-refractivity contribution < 1.29 is 34.4 Å². The van der Waals surface area contributed by atoms with Gasteiger partial charge < -0.3 is 20.1 Å². The highest BCUT2D eigenvalue weighted by Gasteiger charge is 2.71. The van der Waals surface area contributed by atoms with Crippen molar-refractivity contribution >= 4 is 17.3 Å². The Kier molecular flexibility index (Phi) is 5.61. The van der Waals surface area contributed by atoms with Gasteiger partial charge in [0.25, 0.3) is 0 Å². The number of rotatable bonds is 4. The molecule has 0 aromatic carbocycles. The van der Waals surface area contributed by atoms with Crippen molar-refractivity contribution in [2.24, 2.45) is 28.6 Å². The lowest BCUT2D eigenvalue weighted by molar-refractivity contribution is -0.171. The van der Waals surface area contributed by atoms with Crippen LogP contribution in [0.3, 0.4) is 0 Å². The number of ether oxygens (including phenoxy) is 1. The van der Waals surface area contributed by atoms with Crippen LogP contribution >= 0.6 is 0 Å². The van der Waals surface area contributed by atoms with Crippen LogP contribution in [0.5, 0.6) is 0 Å². The van der Waals surface area contributed by atoms with E-state index >= 15 is 0 Å². The maximum absolute atomic E-state index is 14.4. The number of hydrogen-bond acceptors (Lipinski definition) is 7. The summed E-state index contributed by atoms with van der Waals surface area (Å²) in [6.07, 6.45) is 1.03. The summed E-state index contributed by atoms with van der Waals surface area (Å²) < 4.78 is 6.07. The Morgan fingerprint density at radius 2 is 1.74 bits per heavy atom. The molecule has 0 unspecified atom stereocenters. The van der Waals surface area contributed by atoms with Gasteiger partial charge in [0.15, 0.2) is 17.3 Å². The summed E-state index contributed by atoms with van der Waals surface area (Å²) in [6.45, 7) is 11.8. The zero-order chi connectivity index (χ0) is 25.6. The monoisotopic (exact) mass is 476 g/mol. The standard InChI is InChI=1S/C27H40O7/c1-8-14(2)19(28)18-20(29)27(11-16-15(26(7,33)13-27)9-10-25(16,6)32)22(30)24(5)12-17(23(3,4)31)34-21(18)24/h14-17,31-33H,8-13H2,1-7H3/t14-,15-,16+,17+,24+,25-,26-,27+/m1/s1. The summed E-state index contributed by atoms with van der Waals surface area (Å²) in [5.74, 6) is -2.37. The van der Waals surface area contributed by atoms with Gasteiger partial charge in [-0.15, -0.1) is 0 Å². The number of hydrogen-bond donors (Lipinski definition) is 3. The predicted molar refractivity (Wildman–Crippen MR) is 125 cm³/mol. The topological polar surface area (TPSA) is 121 Å². The molecule has 1 aliphatic heterocycles. The molecule has 7 heteroatoms. The van der Waals surface area contributed by atoms with Crippen LogP contribution in [0.15, 0.2) is 11.3 Å². The predicted octanol–water partition coefficient (Wildman–Crippen LogP) is 2.88. The molecular weight excluding hydrogens is 436 g/mol. The van der Waals surface area contributed by atoms with E-state index in [0.29, 0.717) is 19.3 Å². The van der Waals surface area contributed by atoms with Gasteiger partial charge >= 0.3 is 0 Å². The molecule has 0 radical (unpaired) electrons. The van der Waals surface area contributed by atoms with Crippen molar-refractivity contribution in [3.8, 4) is 0 Å². The van der Waals surface area contributed by atoms with E-state index < -0.39 is 51.4 Å². The normalized spacial score (nSPS) is 45.3. The summed E-state index contributed by atoms with van der Waals surface area (Å²) in [5.41, 5.74) is -6.72. The molecule has 190 valence electrons. The Morgan fingerprint density at radius 3 is 2.29 bits per heavy atom. The molecule has 0 bridgehead atoms. The van der Waals surface area contributed by atoms with Crippen molar-refractivity contribution in [2.45, 2.75) is 110 Å². The van der Waals surface area contributed by atoms with Gasteiger partial charge in [-0.1, -0.05) is 13.8 Å². The van der Waals surface area contributed by atoms with Crippen molar-refractivity contribution in [2.75, 3.05) is 0 Å². The van der Waals surface area contributed by atoms with Crippen LogP contribution in [-0.2, 0) is 19.1 Å². The van der Waals surface area contributed by atoms with Gasteiger partial charge in [0.05, 0.1) is 27.6 Å². The maximum Gasteiger partial charge on any atom is 0.183 e. The quantitative estimate of drug-likeness (QED) is 0.421. The van der Waals surface area contributed by atoms with E-state index in [1.54, 1.807) is 41.5 Å². The Hall–Kier alpha value is -1.57. The Balaban J connectivity index is 1.92. The molecule has 0 aromatic rings. The first-order chi connectivity index (χ1) is 15.4. The molecule has 0 aromatic heterocycles. The van der Waals surface area contributed by atoms with Crippen molar-refractivity contribution in [1.29, 1.82) is 0 Å². The van der Waals surface area contributed by atoms with Gasteiger partial charge in [0.2, 0.25) is 0 Å². The lowest BCUT2D eigenvalue weighted by atomic mass is 9.49. The largest absolute Gasteiger partial charge is 0.490 e. The number of allylic oxidation sites excluding steroid dienone is 2. The minimum atomic E-state index is -1.62. The number of fused-ring (bicyclic) bond motifs is 2. The van der Waals surface area contributed by atoms with Gasteiger partial charge in [0.1, 0.15) is 17.4 Å². The van der Waals surface area contributed by atoms with Gasteiger partial charge in [-0.05, 0) is 78.6 Å². The Labute approximate surface area is 201 Å². The molecule has 4 rings (SSSR count). The number of carbonyl (C=O) groups excluding carboxylic acids is 3. The first-order valence-corrected chi connectivity index (χ1v) is 12.6. The number of carbonyl (C=O) groups is 3. The summed E-state index contributed by atoms with van der Waals surface area (Å²) in [7, 11) is 0. The van der Waals surface area contributed by atoms with Crippen LogP contribution < -0.4 is 0 Å². The molecule has 1 heterocycles. The van der Waals surface area contributed by atoms with E-state index in [0.717, 1.165) is 0 Å². The van der Waals surface area contributed by atoms with Crippen LogP contribution in [0.2, 0.25) is 0 Å². The fourth-order valence-corrected chi connectivity index (χ4v) is 7.24. The molecule has 7 nitrogen and oxygen atoms in total. The maximum atomic E-state index is 14.4. The molecule has 1 saturated heterocycles. The summed E-state index contributed by atoms with van der Waals surface area (Å²) in [5, 5.41) is 33.4. The average Bonchev–Trinajstić information content (AvgIpc) is 3.24. The molecule has 3 N–H and O–H groups in total. The van der Waals surface area contributed by atoms with E-state index in [1.807, 2.05) is 6.92 Å². The van der Waals surface area contributed by atoms with Crippen molar-refractivity contribution in [3.63, 3.8) is 0 Å². The fraction of sp³-hybridized carbons (Fsp3) is 0.815. The number of ketones is 3. The van der Waals surface area contributed by atoms with Gasteiger partial charge in [-0.25, -0.2) is 0 Å². The van der Waals surface area contributed by atoms with Gasteiger partial charge in [-0.2, -0.15) is 0 Å². The van der Waals surface area contributed by atoms with Crippen molar-refractivity contribution in [1.82, 2.24) is 0 Å². The molecule has 34 heavy (non-hydrogen) atoms. The second-order valence-electron chi connectivity index (χ2n) is 12.8. The highest BCUT2D eigenvalue weighted by molar-refractivity contribution is 6.31. The van der Waals surface area contributed by atoms with Crippen LogP contribution in [0, 0.1) is 28.6 Å². The second-order valence-corrected chi connectivity index (χ2v) is 12.8. The second kappa shape index (κ2) is 7.47. The highest BCUT2D eigenvalue weighted by Crippen LogP contribution is 2.64. The minimum absolute atomic E-state index is 0.0745. The number of aliphatic hydroxyl groups is 3. The van der Waals surface area contributed by atoms with E-state index in [9.17, 15) is 29.7 Å². The molecule has 0 amide bonds. The molecule has 8 atom stereocenters. The SMILES string of the molecule is CC[C@@H](C)C(=O)C1=C2O[C@H](C(C)(C)O)C[C@]2(C)C(=O)[C@]2(C[C@H]3[C@@H](CC[C@@]3(C)O)[C@](C)(O)C2)C1=O. The van der Waals surface area contributed by atoms with Gasteiger partial charge in [0, 0.05) is 12.3 Å². The zero-order valence-electron chi connectivity index (χ0n) is 21.5. The van der Waals surface area contributed by atoms with Crippen LogP contribution in [-0.4, -0.2) is 55.6 Å². The summed E-state index contributed by atoms with van der Waals surface area (Å²) in [6, 6.07) is 0. The summed E-state index contributed by atoms with van der Waals surface area (Å²) >= 11 is 0. The Morgan fingerprint density at radius 1 is 1.12 bits per heavy atom. The summed E-state index contributed by atoms with van der Waals surface area (Å²) in [4.78, 5) is 42.2. The highest BCUT2D eigenvalue weighted by atomic mass is 16.5. The van der Waals surface area contributed by atoms with E-state index in [-0.39, 0.29) is 48.1 Å². The van der Waals surface area contributed by atoms with Crippen LogP contribution in [0.25, 0.3) is 0 Å². The van der Waals surface area contributed by atoms with Crippen LogP contribution in [0.1, 0.15) is 87.0 Å². The number of Topliss-reactive ketones (excluding diaryl/α,β-unsaturated/α-hetero) is 3.